The van der Waals surface area contributed by atoms with E-state index in [2.05, 4.69) is 0 Å². The molecule has 4 nitrogen and oxygen atoms in total. The van der Waals surface area contributed by atoms with E-state index < -0.39 is 11.7 Å². The van der Waals surface area contributed by atoms with Crippen molar-refractivity contribution in [2.24, 2.45) is 5.73 Å². The van der Waals surface area contributed by atoms with E-state index in [4.69, 9.17) is 10.5 Å². The Labute approximate surface area is 132 Å². The van der Waals surface area contributed by atoms with Gasteiger partial charge in [0.05, 0.1) is 5.56 Å². The maximum atomic E-state index is 12.4. The Morgan fingerprint density at radius 2 is 1.77 bits per heavy atom. The van der Waals surface area contributed by atoms with Crippen LogP contribution in [0.2, 0.25) is 0 Å². The minimum Gasteiger partial charge on any atom is -0.484 e. The molecule has 1 saturated heterocycles. The van der Waals surface area contributed by atoms with Crippen LogP contribution >= 0.6 is 12.4 Å². The molecule has 1 aliphatic rings. The lowest BCUT2D eigenvalue weighted by Crippen LogP contribution is -2.44. The zero-order valence-electron chi connectivity index (χ0n) is 11.8. The third kappa shape index (κ3) is 5.06. The largest absolute Gasteiger partial charge is 0.484 e. The van der Waals surface area contributed by atoms with Gasteiger partial charge >= 0.3 is 6.18 Å². The summed E-state index contributed by atoms with van der Waals surface area (Å²) in [6.45, 7) is 1.01. The van der Waals surface area contributed by atoms with E-state index in [1.807, 2.05) is 0 Å². The summed E-state index contributed by atoms with van der Waals surface area (Å²) in [6, 6.07) is 4.41. The van der Waals surface area contributed by atoms with E-state index in [-0.39, 0.29) is 36.7 Å². The fourth-order valence-corrected chi connectivity index (χ4v) is 2.13. The fourth-order valence-electron chi connectivity index (χ4n) is 2.13. The molecule has 8 heteroatoms. The number of rotatable bonds is 3. The van der Waals surface area contributed by atoms with E-state index in [9.17, 15) is 18.0 Å². The van der Waals surface area contributed by atoms with Crippen molar-refractivity contribution in [3.8, 4) is 5.75 Å². The molecular weight excluding hydrogens is 321 g/mol. The second-order valence-electron chi connectivity index (χ2n) is 5.03. The van der Waals surface area contributed by atoms with Crippen LogP contribution in [-0.4, -0.2) is 36.5 Å². The van der Waals surface area contributed by atoms with Crippen LogP contribution in [0.25, 0.3) is 0 Å². The highest BCUT2D eigenvalue weighted by Crippen LogP contribution is 2.30. The van der Waals surface area contributed by atoms with Gasteiger partial charge in [-0.05, 0) is 37.1 Å². The molecule has 1 amide bonds. The predicted octanol–water partition coefficient (Wildman–Crippen LogP) is 2.46. The average Bonchev–Trinajstić information content (AvgIpc) is 2.45. The first kappa shape index (κ1) is 18.6. The molecule has 0 aliphatic carbocycles. The standard InChI is InChI=1S/C14H17F3N2O2.ClH/c15-14(16,17)10-1-3-12(4-2-10)21-9-13(20)19-7-5-11(18)6-8-19;/h1-4,11H,5-9,18H2;1H. The normalized spacial score (nSPS) is 16.1. The number of amides is 1. The SMILES string of the molecule is Cl.NC1CCN(C(=O)COc2ccc(C(F)(F)F)cc2)CC1. The minimum absolute atomic E-state index is 0. The molecule has 1 aliphatic heterocycles. The average molecular weight is 339 g/mol. The van der Waals surface area contributed by atoms with Gasteiger partial charge in [0.25, 0.3) is 5.91 Å². The lowest BCUT2D eigenvalue weighted by Gasteiger charge is -2.30. The molecule has 0 atom stereocenters. The van der Waals surface area contributed by atoms with Crippen LogP contribution < -0.4 is 10.5 Å². The molecule has 0 aromatic heterocycles. The Hall–Kier alpha value is -1.47. The first-order chi connectivity index (χ1) is 9.86. The summed E-state index contributed by atoms with van der Waals surface area (Å²) < 4.78 is 42.4. The third-order valence-corrected chi connectivity index (χ3v) is 3.44. The van der Waals surface area contributed by atoms with Crippen molar-refractivity contribution in [1.82, 2.24) is 4.90 Å². The topological polar surface area (TPSA) is 55.6 Å². The quantitative estimate of drug-likeness (QED) is 0.921. The number of carbonyl (C=O) groups is 1. The number of carbonyl (C=O) groups excluding carboxylic acids is 1. The highest BCUT2D eigenvalue weighted by molar-refractivity contribution is 5.85. The lowest BCUT2D eigenvalue weighted by molar-refractivity contribution is -0.138. The molecule has 1 aromatic rings. The molecule has 0 saturated carbocycles. The summed E-state index contributed by atoms with van der Waals surface area (Å²) in [5.41, 5.74) is 5.01. The van der Waals surface area contributed by atoms with E-state index in [0.29, 0.717) is 13.1 Å². The van der Waals surface area contributed by atoms with Crippen molar-refractivity contribution < 1.29 is 22.7 Å². The van der Waals surface area contributed by atoms with Crippen LogP contribution in [0.15, 0.2) is 24.3 Å². The molecule has 0 spiro atoms. The van der Waals surface area contributed by atoms with Crippen LogP contribution in [0.3, 0.4) is 0 Å². The number of hydrogen-bond donors (Lipinski definition) is 1. The maximum absolute atomic E-state index is 12.4. The molecule has 1 heterocycles. The fraction of sp³-hybridized carbons (Fsp3) is 0.500. The molecule has 1 fully saturated rings. The summed E-state index contributed by atoms with van der Waals surface area (Å²) >= 11 is 0. The van der Waals surface area contributed by atoms with Gasteiger partial charge in [0.2, 0.25) is 0 Å². The molecule has 22 heavy (non-hydrogen) atoms. The minimum atomic E-state index is -4.37. The third-order valence-electron chi connectivity index (χ3n) is 3.44. The zero-order valence-corrected chi connectivity index (χ0v) is 12.6. The number of hydrogen-bond acceptors (Lipinski definition) is 3. The Kier molecular flexibility index (Phi) is 6.49. The highest BCUT2D eigenvalue weighted by atomic mass is 35.5. The van der Waals surface area contributed by atoms with Crippen molar-refractivity contribution in [3.63, 3.8) is 0 Å². The number of halogens is 4. The molecule has 1 aromatic carbocycles. The summed E-state index contributed by atoms with van der Waals surface area (Å²) in [5.74, 6) is 0.0619. The van der Waals surface area contributed by atoms with Gasteiger partial charge in [-0.2, -0.15) is 13.2 Å². The first-order valence-corrected chi connectivity index (χ1v) is 6.69. The van der Waals surface area contributed by atoms with Crippen molar-refractivity contribution in [1.29, 1.82) is 0 Å². The monoisotopic (exact) mass is 338 g/mol. The summed E-state index contributed by atoms with van der Waals surface area (Å²) in [7, 11) is 0. The summed E-state index contributed by atoms with van der Waals surface area (Å²) in [4.78, 5) is 13.5. The van der Waals surface area contributed by atoms with Gasteiger partial charge < -0.3 is 15.4 Å². The number of nitrogens with zero attached hydrogens (tertiary/aromatic N) is 1. The Bertz CT molecular complexity index is 486. The number of benzene rings is 1. The zero-order chi connectivity index (χ0) is 15.5. The number of ether oxygens (including phenoxy) is 1. The van der Waals surface area contributed by atoms with E-state index in [1.54, 1.807) is 4.90 Å². The molecular formula is C14H18ClF3N2O2. The number of piperidine rings is 1. The van der Waals surface area contributed by atoms with Crippen LogP contribution in [0.4, 0.5) is 13.2 Å². The van der Waals surface area contributed by atoms with Gasteiger partial charge in [-0.1, -0.05) is 0 Å². The van der Waals surface area contributed by atoms with Gasteiger partial charge in [0.15, 0.2) is 6.61 Å². The van der Waals surface area contributed by atoms with Crippen LogP contribution in [-0.2, 0) is 11.0 Å². The Morgan fingerprint density at radius 1 is 1.23 bits per heavy atom. The second-order valence-corrected chi connectivity index (χ2v) is 5.03. The van der Waals surface area contributed by atoms with Crippen molar-refractivity contribution in [2.75, 3.05) is 19.7 Å². The molecule has 2 N–H and O–H groups in total. The van der Waals surface area contributed by atoms with Gasteiger partial charge in [-0.25, -0.2) is 0 Å². The Morgan fingerprint density at radius 3 is 2.27 bits per heavy atom. The summed E-state index contributed by atoms with van der Waals surface area (Å²) in [5, 5.41) is 0. The first-order valence-electron chi connectivity index (χ1n) is 6.69. The van der Waals surface area contributed by atoms with E-state index in [1.165, 1.54) is 12.1 Å². The lowest BCUT2D eigenvalue weighted by atomic mass is 10.1. The maximum Gasteiger partial charge on any atom is 0.416 e. The van der Waals surface area contributed by atoms with Crippen molar-refractivity contribution >= 4 is 18.3 Å². The Balaban J connectivity index is 0.00000242. The molecule has 0 bridgehead atoms. The molecule has 0 radical (unpaired) electrons. The smallest absolute Gasteiger partial charge is 0.416 e. The molecule has 2 rings (SSSR count). The van der Waals surface area contributed by atoms with Crippen LogP contribution in [0.1, 0.15) is 18.4 Å². The predicted molar refractivity (Wildman–Crippen MR) is 78.0 cm³/mol. The summed E-state index contributed by atoms with van der Waals surface area (Å²) in [6.07, 6.45) is -2.86. The van der Waals surface area contributed by atoms with Crippen molar-refractivity contribution in [3.05, 3.63) is 29.8 Å². The highest BCUT2D eigenvalue weighted by Gasteiger charge is 2.30. The van der Waals surface area contributed by atoms with Gasteiger partial charge in [-0.3, -0.25) is 4.79 Å². The van der Waals surface area contributed by atoms with E-state index in [0.717, 1.165) is 25.0 Å². The van der Waals surface area contributed by atoms with Crippen molar-refractivity contribution in [2.45, 2.75) is 25.1 Å². The van der Waals surface area contributed by atoms with Gasteiger partial charge in [0.1, 0.15) is 5.75 Å². The van der Waals surface area contributed by atoms with Gasteiger partial charge in [0, 0.05) is 19.1 Å². The van der Waals surface area contributed by atoms with E-state index >= 15 is 0 Å². The molecule has 0 unspecified atom stereocenters. The van der Waals surface area contributed by atoms with Gasteiger partial charge in [-0.15, -0.1) is 12.4 Å². The molecule has 124 valence electrons. The number of likely N-dealkylation sites (tertiary alicyclic amines) is 1. The number of nitrogens with two attached hydrogens (primary N) is 1. The van der Waals surface area contributed by atoms with Crippen LogP contribution in [0.5, 0.6) is 5.75 Å². The van der Waals surface area contributed by atoms with Crippen LogP contribution in [0, 0.1) is 0 Å². The second kappa shape index (κ2) is 7.69. The number of alkyl halides is 3.